The number of nitrogens with zero attached hydrogens (tertiary/aromatic N) is 3. The van der Waals surface area contributed by atoms with Crippen molar-refractivity contribution >= 4 is 29.1 Å². The van der Waals surface area contributed by atoms with E-state index in [1.54, 1.807) is 0 Å². The number of rotatable bonds is 4. The van der Waals surface area contributed by atoms with E-state index in [1.807, 2.05) is 24.3 Å². The van der Waals surface area contributed by atoms with Crippen LogP contribution in [0.5, 0.6) is 0 Å². The Kier molecular flexibility index (Phi) is 4.76. The molecule has 2 heterocycles. The van der Waals surface area contributed by atoms with Gasteiger partial charge in [-0.3, -0.25) is 0 Å². The van der Waals surface area contributed by atoms with Crippen molar-refractivity contribution in [1.82, 2.24) is 9.97 Å². The summed E-state index contributed by atoms with van der Waals surface area (Å²) in [6.45, 7) is 3.96. The van der Waals surface area contributed by atoms with E-state index in [9.17, 15) is 0 Å². The van der Waals surface area contributed by atoms with Crippen molar-refractivity contribution in [3.63, 3.8) is 0 Å². The summed E-state index contributed by atoms with van der Waals surface area (Å²) >= 11 is 6.08. The lowest BCUT2D eigenvalue weighted by molar-refractivity contribution is 0.718. The highest BCUT2D eigenvalue weighted by Crippen LogP contribution is 2.25. The monoisotopic (exact) mass is 364 g/mol. The van der Waals surface area contributed by atoms with Crippen LogP contribution in [-0.2, 0) is 19.4 Å². The number of hydrogen-bond donors (Lipinski definition) is 1. The zero-order chi connectivity index (χ0) is 17.9. The molecule has 4 nitrogen and oxygen atoms in total. The van der Waals surface area contributed by atoms with E-state index in [1.165, 1.54) is 11.1 Å². The molecular weight excluding hydrogens is 344 g/mol. The van der Waals surface area contributed by atoms with E-state index in [2.05, 4.69) is 52.5 Å². The van der Waals surface area contributed by atoms with Crippen molar-refractivity contribution in [1.29, 1.82) is 0 Å². The Balaban J connectivity index is 1.62. The highest BCUT2D eigenvalue weighted by molar-refractivity contribution is 6.30. The van der Waals surface area contributed by atoms with Crippen LogP contribution in [0.2, 0.25) is 5.02 Å². The summed E-state index contributed by atoms with van der Waals surface area (Å²) in [5.74, 6) is 1.58. The summed E-state index contributed by atoms with van der Waals surface area (Å²) in [7, 11) is 0. The van der Waals surface area contributed by atoms with Gasteiger partial charge in [0, 0.05) is 35.6 Å². The lowest BCUT2D eigenvalue weighted by atomic mass is 10.00. The molecule has 1 aromatic heterocycles. The third-order valence-corrected chi connectivity index (χ3v) is 4.90. The van der Waals surface area contributed by atoms with Gasteiger partial charge in [-0.1, -0.05) is 48.9 Å². The summed E-state index contributed by atoms with van der Waals surface area (Å²) in [6.07, 6.45) is 1.91. The van der Waals surface area contributed by atoms with E-state index in [0.717, 1.165) is 43.1 Å². The van der Waals surface area contributed by atoms with Gasteiger partial charge >= 0.3 is 0 Å². The zero-order valence-electron chi connectivity index (χ0n) is 14.7. The average Bonchev–Trinajstić information content (AvgIpc) is 2.67. The Morgan fingerprint density at radius 1 is 1.04 bits per heavy atom. The molecule has 0 bridgehead atoms. The van der Waals surface area contributed by atoms with E-state index < -0.39 is 0 Å². The van der Waals surface area contributed by atoms with Gasteiger partial charge in [-0.2, -0.15) is 4.98 Å². The third-order valence-electron chi connectivity index (χ3n) is 4.66. The minimum absolute atomic E-state index is 0.612. The maximum Gasteiger partial charge on any atom is 0.229 e. The molecule has 132 valence electrons. The summed E-state index contributed by atoms with van der Waals surface area (Å²) in [5.41, 5.74) is 4.73. The van der Waals surface area contributed by atoms with E-state index in [0.29, 0.717) is 11.0 Å². The smallest absolute Gasteiger partial charge is 0.229 e. The molecule has 1 aliphatic rings. The molecule has 1 aliphatic heterocycles. The van der Waals surface area contributed by atoms with Gasteiger partial charge in [0.15, 0.2) is 0 Å². The van der Waals surface area contributed by atoms with Gasteiger partial charge < -0.3 is 10.2 Å². The topological polar surface area (TPSA) is 41.1 Å². The molecule has 0 amide bonds. The Morgan fingerprint density at radius 2 is 1.88 bits per heavy atom. The fraction of sp³-hybridized carbons (Fsp3) is 0.238. The van der Waals surface area contributed by atoms with Crippen molar-refractivity contribution in [2.45, 2.75) is 26.3 Å². The highest BCUT2D eigenvalue weighted by atomic mass is 35.5. The molecule has 4 rings (SSSR count). The summed E-state index contributed by atoms with van der Waals surface area (Å²) in [4.78, 5) is 11.7. The molecule has 0 saturated carbocycles. The van der Waals surface area contributed by atoms with Crippen LogP contribution >= 0.6 is 11.6 Å². The van der Waals surface area contributed by atoms with Crippen LogP contribution in [-0.4, -0.2) is 16.5 Å². The first-order valence-corrected chi connectivity index (χ1v) is 9.31. The summed E-state index contributed by atoms with van der Waals surface area (Å²) in [5, 5.41) is 3.97. The quantitative estimate of drug-likeness (QED) is 0.707. The largest absolute Gasteiger partial charge is 0.352 e. The molecule has 0 atom stereocenters. The zero-order valence-corrected chi connectivity index (χ0v) is 15.5. The lowest BCUT2D eigenvalue weighted by Crippen LogP contribution is -2.31. The molecule has 1 N–H and O–H groups in total. The van der Waals surface area contributed by atoms with E-state index >= 15 is 0 Å². The molecule has 0 saturated heterocycles. The van der Waals surface area contributed by atoms with Gasteiger partial charge in [0.1, 0.15) is 5.82 Å². The average molecular weight is 365 g/mol. The molecule has 0 spiro atoms. The van der Waals surface area contributed by atoms with Gasteiger partial charge in [-0.25, -0.2) is 4.98 Å². The number of benzene rings is 2. The predicted octanol–water partition coefficient (Wildman–Crippen LogP) is 5.00. The van der Waals surface area contributed by atoms with Crippen LogP contribution in [0.15, 0.2) is 54.6 Å². The second-order valence-corrected chi connectivity index (χ2v) is 6.91. The predicted molar refractivity (Wildman–Crippen MR) is 107 cm³/mol. The second-order valence-electron chi connectivity index (χ2n) is 6.47. The summed E-state index contributed by atoms with van der Waals surface area (Å²) < 4.78 is 0. The standard InChI is InChI=1S/C21H21ClN4/c1-2-18-13-20(26-11-10-15-6-3-4-7-16(15)14-26)25-21(23-18)24-19-9-5-8-17(22)12-19/h3-9,12-13H,2,10-11,14H2,1H3,(H,23,24,25). The summed E-state index contributed by atoms with van der Waals surface area (Å²) in [6, 6.07) is 18.3. The van der Waals surface area contributed by atoms with Gasteiger partial charge in [-0.05, 0) is 42.2 Å². The van der Waals surface area contributed by atoms with Crippen LogP contribution < -0.4 is 10.2 Å². The number of fused-ring (bicyclic) bond motifs is 1. The molecule has 0 radical (unpaired) electrons. The molecule has 5 heteroatoms. The fourth-order valence-corrected chi connectivity index (χ4v) is 3.46. The number of aryl methyl sites for hydroxylation is 1. The first-order chi connectivity index (χ1) is 12.7. The minimum atomic E-state index is 0.612. The van der Waals surface area contributed by atoms with Gasteiger partial charge in [0.25, 0.3) is 0 Å². The second kappa shape index (κ2) is 7.34. The van der Waals surface area contributed by atoms with Crippen molar-refractivity contribution in [2.24, 2.45) is 0 Å². The Bertz CT molecular complexity index is 925. The van der Waals surface area contributed by atoms with E-state index in [-0.39, 0.29) is 0 Å². The first-order valence-electron chi connectivity index (χ1n) is 8.93. The Labute approximate surface area is 158 Å². The minimum Gasteiger partial charge on any atom is -0.352 e. The Morgan fingerprint density at radius 3 is 2.69 bits per heavy atom. The number of halogens is 1. The lowest BCUT2D eigenvalue weighted by Gasteiger charge is -2.30. The third kappa shape index (κ3) is 3.65. The van der Waals surface area contributed by atoms with Crippen LogP contribution in [0.4, 0.5) is 17.5 Å². The molecule has 0 unspecified atom stereocenters. The maximum absolute atomic E-state index is 6.08. The van der Waals surface area contributed by atoms with E-state index in [4.69, 9.17) is 16.6 Å². The maximum atomic E-state index is 6.08. The molecule has 3 aromatic rings. The normalized spacial score (nSPS) is 13.4. The molecule has 26 heavy (non-hydrogen) atoms. The fourth-order valence-electron chi connectivity index (χ4n) is 3.27. The first kappa shape index (κ1) is 16.9. The van der Waals surface area contributed by atoms with Crippen LogP contribution in [0.1, 0.15) is 23.7 Å². The van der Waals surface area contributed by atoms with Crippen molar-refractivity contribution < 1.29 is 0 Å². The van der Waals surface area contributed by atoms with Crippen molar-refractivity contribution in [3.8, 4) is 0 Å². The molecule has 0 fully saturated rings. The van der Waals surface area contributed by atoms with Crippen molar-refractivity contribution in [2.75, 3.05) is 16.8 Å². The molecular formula is C21H21ClN4. The van der Waals surface area contributed by atoms with Crippen LogP contribution in [0.3, 0.4) is 0 Å². The van der Waals surface area contributed by atoms with Crippen LogP contribution in [0, 0.1) is 0 Å². The number of anilines is 3. The van der Waals surface area contributed by atoms with Gasteiger partial charge in [0.2, 0.25) is 5.95 Å². The van der Waals surface area contributed by atoms with Crippen molar-refractivity contribution in [3.05, 3.63) is 76.4 Å². The number of aromatic nitrogens is 2. The molecule has 2 aromatic carbocycles. The van der Waals surface area contributed by atoms with Gasteiger partial charge in [0.05, 0.1) is 0 Å². The number of hydrogen-bond acceptors (Lipinski definition) is 4. The molecule has 0 aliphatic carbocycles. The van der Waals surface area contributed by atoms with Crippen LogP contribution in [0.25, 0.3) is 0 Å². The Hall–Kier alpha value is -2.59. The highest BCUT2D eigenvalue weighted by Gasteiger charge is 2.18. The SMILES string of the molecule is CCc1cc(N2CCc3ccccc3C2)nc(Nc2cccc(Cl)c2)n1. The van der Waals surface area contributed by atoms with Gasteiger partial charge in [-0.15, -0.1) is 0 Å². The number of nitrogens with one attached hydrogen (secondary N) is 1.